The van der Waals surface area contributed by atoms with E-state index in [2.05, 4.69) is 4.99 Å². The molecule has 0 radical (unpaired) electrons. The fourth-order valence-electron chi connectivity index (χ4n) is 2.10. The zero-order valence-corrected chi connectivity index (χ0v) is 13.9. The molecule has 8 nitrogen and oxygen atoms in total. The molecule has 0 aliphatic rings. The van der Waals surface area contributed by atoms with Gasteiger partial charge in [0.25, 0.3) is 0 Å². The van der Waals surface area contributed by atoms with E-state index in [1.807, 2.05) is 0 Å². The topological polar surface area (TPSA) is 140 Å². The summed E-state index contributed by atoms with van der Waals surface area (Å²) in [5.41, 5.74) is 10.9. The number of guanidine groups is 1. The second kappa shape index (κ2) is 9.62. The molecule has 0 saturated carbocycles. The van der Waals surface area contributed by atoms with Crippen molar-refractivity contribution in [3.8, 4) is 17.2 Å². The number of aromatic hydroxyl groups is 1. The van der Waals surface area contributed by atoms with Crippen LogP contribution >= 0.6 is 12.4 Å². The van der Waals surface area contributed by atoms with Crippen molar-refractivity contribution in [2.45, 2.75) is 19.3 Å². The smallest absolute Gasteiger partial charge is 0.336 e. The highest BCUT2D eigenvalue weighted by Gasteiger charge is 2.22. The molecule has 130 valence electrons. The van der Waals surface area contributed by atoms with E-state index in [4.69, 9.17) is 20.9 Å². The molecule has 0 bridgehead atoms. The van der Waals surface area contributed by atoms with Gasteiger partial charge in [0.15, 0.2) is 17.5 Å². The van der Waals surface area contributed by atoms with E-state index < -0.39 is 5.97 Å². The molecule has 1 aromatic carbocycles. The van der Waals surface area contributed by atoms with E-state index in [9.17, 15) is 15.0 Å². The van der Waals surface area contributed by atoms with Gasteiger partial charge in [0.2, 0.25) is 5.75 Å². The van der Waals surface area contributed by atoms with E-state index in [0.717, 1.165) is 0 Å². The zero-order chi connectivity index (χ0) is 16.7. The van der Waals surface area contributed by atoms with Crippen LogP contribution < -0.4 is 20.9 Å². The molecule has 0 unspecified atom stereocenters. The molecule has 23 heavy (non-hydrogen) atoms. The van der Waals surface area contributed by atoms with Crippen molar-refractivity contribution in [1.82, 2.24) is 0 Å². The number of aromatic carboxylic acids is 1. The Balaban J connectivity index is 0.00000484. The normalized spacial score (nSPS) is 9.65. The lowest BCUT2D eigenvalue weighted by atomic mass is 9.99. The Morgan fingerprint density at radius 3 is 2.39 bits per heavy atom. The summed E-state index contributed by atoms with van der Waals surface area (Å²) >= 11 is 0. The SMILES string of the molecule is COc1cc(C(=O)O)c(CCCCN=C(N)N)c(OC)c1O.Cl. The van der Waals surface area contributed by atoms with Gasteiger partial charge in [-0.2, -0.15) is 0 Å². The highest BCUT2D eigenvalue weighted by atomic mass is 35.5. The van der Waals surface area contributed by atoms with Crippen molar-refractivity contribution in [3.05, 3.63) is 17.2 Å². The summed E-state index contributed by atoms with van der Waals surface area (Å²) in [5, 5.41) is 19.4. The first-order chi connectivity index (χ1) is 10.4. The number of carboxylic acid groups (broad SMARTS) is 1. The lowest BCUT2D eigenvalue weighted by Crippen LogP contribution is -2.22. The van der Waals surface area contributed by atoms with E-state index in [-0.39, 0.29) is 41.2 Å². The summed E-state index contributed by atoms with van der Waals surface area (Å²) < 4.78 is 10.1. The van der Waals surface area contributed by atoms with Crippen LogP contribution in [-0.4, -0.2) is 42.9 Å². The molecule has 1 aromatic rings. The van der Waals surface area contributed by atoms with Crippen LogP contribution in [0.15, 0.2) is 11.1 Å². The molecule has 0 saturated heterocycles. The number of hydrogen-bond donors (Lipinski definition) is 4. The number of ether oxygens (including phenoxy) is 2. The van der Waals surface area contributed by atoms with Crippen molar-refractivity contribution < 1.29 is 24.5 Å². The van der Waals surface area contributed by atoms with Gasteiger partial charge in [-0.1, -0.05) is 0 Å². The van der Waals surface area contributed by atoms with Crippen LogP contribution in [-0.2, 0) is 6.42 Å². The van der Waals surface area contributed by atoms with Crippen LogP contribution in [0.2, 0.25) is 0 Å². The number of phenols is 1. The quantitative estimate of drug-likeness (QED) is 0.314. The number of methoxy groups -OCH3 is 2. The number of unbranched alkanes of at least 4 members (excludes halogenated alkanes) is 1. The molecule has 6 N–H and O–H groups in total. The molecule has 9 heteroatoms. The lowest BCUT2D eigenvalue weighted by molar-refractivity contribution is 0.0694. The van der Waals surface area contributed by atoms with E-state index in [1.165, 1.54) is 20.3 Å². The van der Waals surface area contributed by atoms with Gasteiger partial charge in [0.05, 0.1) is 19.8 Å². The van der Waals surface area contributed by atoms with Crippen LogP contribution in [0.4, 0.5) is 0 Å². The Morgan fingerprint density at radius 1 is 1.26 bits per heavy atom. The Morgan fingerprint density at radius 2 is 1.91 bits per heavy atom. The van der Waals surface area contributed by atoms with E-state index in [0.29, 0.717) is 31.4 Å². The standard InChI is InChI=1S/C14H21N3O5.ClH/c1-21-10-7-9(13(19)20)8(12(22-2)11(10)18)5-3-4-6-17-14(15)16;/h7,18H,3-6H2,1-2H3,(H,19,20)(H4,15,16,17);1H. The molecule has 0 aliphatic carbocycles. The van der Waals surface area contributed by atoms with Crippen LogP contribution in [0.1, 0.15) is 28.8 Å². The fourth-order valence-corrected chi connectivity index (χ4v) is 2.10. The molecule has 0 spiro atoms. The summed E-state index contributed by atoms with van der Waals surface area (Å²) in [4.78, 5) is 15.3. The number of aliphatic imine (C=N–C) groups is 1. The number of phenolic OH excluding ortho intramolecular Hbond substituents is 1. The van der Waals surface area contributed by atoms with Crippen molar-refractivity contribution in [2.75, 3.05) is 20.8 Å². The number of rotatable bonds is 8. The largest absolute Gasteiger partial charge is 0.502 e. The van der Waals surface area contributed by atoms with Gasteiger partial charge >= 0.3 is 5.97 Å². The van der Waals surface area contributed by atoms with Crippen LogP contribution in [0.3, 0.4) is 0 Å². The van der Waals surface area contributed by atoms with Crippen molar-refractivity contribution in [3.63, 3.8) is 0 Å². The maximum atomic E-state index is 11.4. The maximum Gasteiger partial charge on any atom is 0.336 e. The Hall–Kier alpha value is -2.35. The molecule has 0 amide bonds. The third-order valence-corrected chi connectivity index (χ3v) is 3.11. The number of hydrogen-bond acceptors (Lipinski definition) is 5. The third kappa shape index (κ3) is 5.41. The number of nitrogens with zero attached hydrogens (tertiary/aromatic N) is 1. The van der Waals surface area contributed by atoms with Crippen molar-refractivity contribution in [1.29, 1.82) is 0 Å². The Kier molecular flexibility index (Phi) is 8.64. The van der Waals surface area contributed by atoms with Crippen LogP contribution in [0.5, 0.6) is 17.2 Å². The zero-order valence-electron chi connectivity index (χ0n) is 13.0. The minimum atomic E-state index is -1.11. The van der Waals surface area contributed by atoms with Gasteiger partial charge < -0.3 is 31.2 Å². The highest BCUT2D eigenvalue weighted by molar-refractivity contribution is 5.92. The average molecular weight is 348 g/mol. The first kappa shape index (κ1) is 20.6. The summed E-state index contributed by atoms with van der Waals surface area (Å²) in [5.74, 6) is -1.15. The predicted octanol–water partition coefficient (Wildman–Crippen LogP) is 1.13. The van der Waals surface area contributed by atoms with Gasteiger partial charge in [0, 0.05) is 12.1 Å². The Labute approximate surface area is 140 Å². The van der Waals surface area contributed by atoms with Crippen LogP contribution in [0.25, 0.3) is 0 Å². The molecule has 1 rings (SSSR count). The fraction of sp³-hybridized carbons (Fsp3) is 0.429. The summed E-state index contributed by atoms with van der Waals surface area (Å²) in [6, 6.07) is 1.28. The van der Waals surface area contributed by atoms with Gasteiger partial charge in [0.1, 0.15) is 0 Å². The second-order valence-electron chi connectivity index (χ2n) is 4.56. The van der Waals surface area contributed by atoms with Gasteiger partial charge in [-0.15, -0.1) is 12.4 Å². The minimum absolute atomic E-state index is 0. The van der Waals surface area contributed by atoms with Gasteiger partial charge in [-0.3, -0.25) is 4.99 Å². The molecule has 0 heterocycles. The van der Waals surface area contributed by atoms with Crippen molar-refractivity contribution in [2.24, 2.45) is 16.5 Å². The molecular formula is C14H22ClN3O5. The van der Waals surface area contributed by atoms with Gasteiger partial charge in [-0.25, -0.2) is 4.79 Å². The number of nitrogens with two attached hydrogens (primary N) is 2. The first-order valence-corrected chi connectivity index (χ1v) is 6.67. The van der Waals surface area contributed by atoms with Gasteiger partial charge in [-0.05, 0) is 25.3 Å². The Bertz CT molecular complexity index is 574. The average Bonchev–Trinajstić information content (AvgIpc) is 2.46. The third-order valence-electron chi connectivity index (χ3n) is 3.11. The minimum Gasteiger partial charge on any atom is -0.502 e. The number of benzene rings is 1. The molecular weight excluding hydrogens is 326 g/mol. The van der Waals surface area contributed by atoms with E-state index in [1.54, 1.807) is 0 Å². The highest BCUT2D eigenvalue weighted by Crippen LogP contribution is 2.41. The van der Waals surface area contributed by atoms with E-state index >= 15 is 0 Å². The summed E-state index contributed by atoms with van der Waals surface area (Å²) in [6.07, 6.45) is 1.72. The second-order valence-corrected chi connectivity index (χ2v) is 4.56. The molecule has 0 fully saturated rings. The predicted molar refractivity (Wildman–Crippen MR) is 89.0 cm³/mol. The number of halogens is 1. The summed E-state index contributed by atoms with van der Waals surface area (Å²) in [7, 11) is 2.71. The first-order valence-electron chi connectivity index (χ1n) is 6.67. The van der Waals surface area contributed by atoms with Crippen LogP contribution in [0, 0.1) is 0 Å². The number of carboxylic acids is 1. The van der Waals surface area contributed by atoms with Crippen molar-refractivity contribution >= 4 is 24.3 Å². The molecule has 0 aliphatic heterocycles. The monoisotopic (exact) mass is 347 g/mol. The number of carbonyl (C=O) groups is 1. The summed E-state index contributed by atoms with van der Waals surface area (Å²) in [6.45, 7) is 0.454. The molecule has 0 atom stereocenters. The lowest BCUT2D eigenvalue weighted by Gasteiger charge is -2.15. The molecule has 0 aromatic heterocycles. The maximum absolute atomic E-state index is 11.4.